The number of anilines is 2. The molecule has 0 unspecified atom stereocenters. The normalized spacial score (nSPS) is 39.5. The maximum atomic E-state index is 4.65. The molecule has 0 spiro atoms. The molecule has 0 amide bonds. The molecule has 0 atom stereocenters. The molecular weight excluding hydrogens is 270 g/mol. The van der Waals surface area contributed by atoms with Crippen molar-refractivity contribution in [3.8, 4) is 0 Å². The Morgan fingerprint density at radius 3 is 2.27 bits per heavy atom. The van der Waals surface area contributed by atoms with Crippen molar-refractivity contribution in [1.29, 1.82) is 0 Å². The van der Waals surface area contributed by atoms with Crippen molar-refractivity contribution in [2.45, 2.75) is 56.9 Å². The Hall–Kier alpha value is -1.25. The van der Waals surface area contributed by atoms with Gasteiger partial charge in [-0.1, -0.05) is 0 Å². The topological polar surface area (TPSA) is 28.2 Å². The fourth-order valence-corrected chi connectivity index (χ4v) is 6.20. The third kappa shape index (κ3) is 2.21. The summed E-state index contributed by atoms with van der Waals surface area (Å²) in [6.07, 6.45) is 13.3. The van der Waals surface area contributed by atoms with Gasteiger partial charge in [-0.25, -0.2) is 4.98 Å². The van der Waals surface area contributed by atoms with Crippen LogP contribution in [0.2, 0.25) is 0 Å². The zero-order chi connectivity index (χ0) is 14.6. The summed E-state index contributed by atoms with van der Waals surface area (Å²) in [6.45, 7) is 2.42. The lowest BCUT2D eigenvalue weighted by Crippen LogP contribution is -2.54. The molecule has 3 heteroatoms. The molecule has 0 aromatic carbocycles. The molecule has 4 aliphatic carbocycles. The molecule has 2 heterocycles. The number of hydrogen-bond donors (Lipinski definition) is 1. The minimum Gasteiger partial charge on any atom is -0.371 e. The van der Waals surface area contributed by atoms with E-state index in [1.807, 2.05) is 6.20 Å². The molecule has 1 aromatic heterocycles. The number of hydrogen-bond acceptors (Lipinski definition) is 3. The number of pyridine rings is 1. The molecule has 4 saturated carbocycles. The third-order valence-electron chi connectivity index (χ3n) is 6.65. The lowest BCUT2D eigenvalue weighted by atomic mass is 9.53. The van der Waals surface area contributed by atoms with Crippen LogP contribution in [0.1, 0.15) is 51.4 Å². The van der Waals surface area contributed by atoms with E-state index in [1.54, 1.807) is 0 Å². The Labute approximate surface area is 133 Å². The Kier molecular flexibility index (Phi) is 2.93. The minimum atomic E-state index is 0.366. The molecule has 1 N–H and O–H groups in total. The first-order valence-corrected chi connectivity index (χ1v) is 9.27. The molecule has 3 nitrogen and oxygen atoms in total. The lowest BCUT2D eigenvalue weighted by Gasteiger charge is -2.57. The number of aromatic nitrogens is 1. The van der Waals surface area contributed by atoms with Gasteiger partial charge < -0.3 is 10.2 Å². The molecular formula is C19H27N3. The van der Waals surface area contributed by atoms with Crippen molar-refractivity contribution in [3.05, 3.63) is 18.3 Å². The summed E-state index contributed by atoms with van der Waals surface area (Å²) in [5.41, 5.74) is 1.73. The first-order chi connectivity index (χ1) is 10.8. The number of nitrogens with one attached hydrogen (secondary N) is 1. The molecule has 118 valence electrons. The monoisotopic (exact) mass is 297 g/mol. The van der Waals surface area contributed by atoms with Crippen molar-refractivity contribution >= 4 is 11.5 Å². The summed E-state index contributed by atoms with van der Waals surface area (Å²) in [5, 5.41) is 3.91. The second kappa shape index (κ2) is 4.87. The van der Waals surface area contributed by atoms with E-state index < -0.39 is 0 Å². The van der Waals surface area contributed by atoms with Crippen LogP contribution in [0.15, 0.2) is 18.3 Å². The quantitative estimate of drug-likeness (QED) is 0.912. The zero-order valence-corrected chi connectivity index (χ0v) is 13.4. The van der Waals surface area contributed by atoms with Gasteiger partial charge >= 0.3 is 0 Å². The summed E-state index contributed by atoms with van der Waals surface area (Å²) in [5.74, 6) is 4.08. The maximum Gasteiger partial charge on any atom is 0.128 e. The molecule has 0 radical (unpaired) electrons. The number of rotatable bonds is 3. The van der Waals surface area contributed by atoms with Gasteiger partial charge in [0.05, 0.1) is 0 Å². The predicted molar refractivity (Wildman–Crippen MR) is 90.2 cm³/mol. The van der Waals surface area contributed by atoms with Crippen LogP contribution in [0.5, 0.6) is 0 Å². The van der Waals surface area contributed by atoms with E-state index in [0.717, 1.165) is 23.6 Å². The predicted octanol–water partition coefficient (Wildman–Crippen LogP) is 4.06. The second-order valence-electron chi connectivity index (χ2n) is 8.42. The average Bonchev–Trinajstić information content (AvgIpc) is 2.99. The largest absolute Gasteiger partial charge is 0.371 e. The molecule has 1 aromatic rings. The zero-order valence-electron chi connectivity index (χ0n) is 13.4. The van der Waals surface area contributed by atoms with Gasteiger partial charge in [-0.3, -0.25) is 0 Å². The van der Waals surface area contributed by atoms with Crippen LogP contribution in [-0.2, 0) is 0 Å². The van der Waals surface area contributed by atoms with E-state index >= 15 is 0 Å². The van der Waals surface area contributed by atoms with Crippen molar-refractivity contribution in [2.24, 2.45) is 17.8 Å². The molecule has 1 saturated heterocycles. The number of nitrogens with zero attached hydrogens (tertiary/aromatic N) is 2. The Bertz CT molecular complexity index is 526. The molecule has 5 aliphatic rings. The fourth-order valence-electron chi connectivity index (χ4n) is 6.20. The van der Waals surface area contributed by atoms with Crippen molar-refractivity contribution in [2.75, 3.05) is 23.3 Å². The van der Waals surface area contributed by atoms with E-state index in [0.29, 0.717) is 5.54 Å². The Morgan fingerprint density at radius 1 is 1.00 bits per heavy atom. The highest BCUT2D eigenvalue weighted by atomic mass is 15.2. The van der Waals surface area contributed by atoms with Crippen molar-refractivity contribution in [1.82, 2.24) is 4.98 Å². The second-order valence-corrected chi connectivity index (χ2v) is 8.42. The van der Waals surface area contributed by atoms with Crippen LogP contribution in [0.3, 0.4) is 0 Å². The van der Waals surface area contributed by atoms with Gasteiger partial charge in [0.15, 0.2) is 0 Å². The first-order valence-electron chi connectivity index (χ1n) is 9.27. The Morgan fingerprint density at radius 2 is 1.64 bits per heavy atom. The smallest absolute Gasteiger partial charge is 0.128 e. The van der Waals surface area contributed by atoms with E-state index in [2.05, 4.69) is 27.3 Å². The van der Waals surface area contributed by atoms with Crippen LogP contribution in [0, 0.1) is 17.8 Å². The van der Waals surface area contributed by atoms with Crippen molar-refractivity contribution < 1.29 is 0 Å². The van der Waals surface area contributed by atoms with E-state index in [1.165, 1.54) is 70.1 Å². The van der Waals surface area contributed by atoms with Crippen LogP contribution < -0.4 is 10.2 Å². The van der Waals surface area contributed by atoms with Crippen LogP contribution in [0.25, 0.3) is 0 Å². The van der Waals surface area contributed by atoms with Gasteiger partial charge in [0, 0.05) is 36.6 Å². The summed E-state index contributed by atoms with van der Waals surface area (Å²) in [7, 11) is 0. The maximum absolute atomic E-state index is 4.65. The van der Waals surface area contributed by atoms with Gasteiger partial charge in [-0.05, 0) is 75.2 Å². The summed E-state index contributed by atoms with van der Waals surface area (Å²) in [6, 6.07) is 4.47. The fraction of sp³-hybridized carbons (Fsp3) is 0.737. The van der Waals surface area contributed by atoms with Gasteiger partial charge in [-0.15, -0.1) is 0 Å². The first kappa shape index (κ1) is 13.2. The molecule has 6 rings (SSSR count). The van der Waals surface area contributed by atoms with Gasteiger partial charge in [0.2, 0.25) is 0 Å². The van der Waals surface area contributed by atoms with E-state index in [-0.39, 0.29) is 0 Å². The minimum absolute atomic E-state index is 0.366. The molecule has 5 fully saturated rings. The summed E-state index contributed by atoms with van der Waals surface area (Å²) in [4.78, 5) is 7.16. The SMILES string of the molecule is c1cc(N2CCCC2)cc(NC23CC4CC(CC(C4)C2)C3)n1. The summed E-state index contributed by atoms with van der Waals surface area (Å²) >= 11 is 0. The van der Waals surface area contributed by atoms with E-state index in [9.17, 15) is 0 Å². The average molecular weight is 297 g/mol. The van der Waals surface area contributed by atoms with Gasteiger partial charge in [-0.2, -0.15) is 0 Å². The third-order valence-corrected chi connectivity index (χ3v) is 6.65. The van der Waals surface area contributed by atoms with Crippen LogP contribution in [0.4, 0.5) is 11.5 Å². The van der Waals surface area contributed by atoms with Crippen LogP contribution >= 0.6 is 0 Å². The Balaban J connectivity index is 1.38. The molecule has 22 heavy (non-hydrogen) atoms. The van der Waals surface area contributed by atoms with Gasteiger partial charge in [0.25, 0.3) is 0 Å². The molecule has 4 bridgehead atoms. The highest BCUT2D eigenvalue weighted by Gasteiger charge is 2.51. The molecule has 1 aliphatic heterocycles. The standard InChI is InChI=1S/C19H27N3/c1-2-6-22(5-1)17-3-4-20-18(10-17)21-19-11-14-7-15(12-19)9-16(8-14)13-19/h3-4,10,14-16H,1-2,5-9,11-13H2,(H,20,21). The van der Waals surface area contributed by atoms with E-state index in [4.69, 9.17) is 0 Å². The van der Waals surface area contributed by atoms with Crippen LogP contribution in [-0.4, -0.2) is 23.6 Å². The van der Waals surface area contributed by atoms with Crippen molar-refractivity contribution in [3.63, 3.8) is 0 Å². The highest BCUT2D eigenvalue weighted by molar-refractivity contribution is 5.55. The lowest BCUT2D eigenvalue weighted by molar-refractivity contribution is 0.0105. The summed E-state index contributed by atoms with van der Waals surface area (Å²) < 4.78 is 0. The highest BCUT2D eigenvalue weighted by Crippen LogP contribution is 2.56. The van der Waals surface area contributed by atoms with Gasteiger partial charge in [0.1, 0.15) is 5.82 Å².